The highest BCUT2D eigenvalue weighted by Gasteiger charge is 2.40. The Balaban J connectivity index is 1.62. The summed E-state index contributed by atoms with van der Waals surface area (Å²) in [4.78, 5) is 16.8. The number of H-pyrrole nitrogens is 1. The lowest BCUT2D eigenvalue weighted by Gasteiger charge is -2.25. The number of azo groups is 1. The van der Waals surface area contributed by atoms with Gasteiger partial charge >= 0.3 is 5.91 Å². The molecule has 0 fully saturated rings. The number of nitrogens with one attached hydrogen (secondary N) is 1. The smallest absolute Gasteiger partial charge is 0.305 e. The Morgan fingerprint density at radius 3 is 1.82 bits per heavy atom. The van der Waals surface area contributed by atoms with Gasteiger partial charge in [-0.3, -0.25) is 4.79 Å². The molecule has 160 valence electrons. The van der Waals surface area contributed by atoms with Gasteiger partial charge in [-0.1, -0.05) is 109 Å². The number of carbonyl (C=O) groups is 1. The second kappa shape index (κ2) is 8.65. The lowest BCUT2D eigenvalue weighted by atomic mass is 9.86. The van der Waals surface area contributed by atoms with E-state index in [4.69, 9.17) is 0 Å². The molecule has 0 saturated carbocycles. The molecule has 0 aliphatic carbocycles. The zero-order chi connectivity index (χ0) is 22.7. The van der Waals surface area contributed by atoms with Crippen molar-refractivity contribution in [1.29, 1.82) is 0 Å². The van der Waals surface area contributed by atoms with E-state index in [1.165, 1.54) is 0 Å². The maximum Gasteiger partial charge on any atom is 0.305 e. The van der Waals surface area contributed by atoms with Crippen LogP contribution in [0.3, 0.4) is 0 Å². The van der Waals surface area contributed by atoms with Crippen LogP contribution < -0.4 is 0 Å². The Morgan fingerprint density at radius 2 is 1.21 bits per heavy atom. The quantitative estimate of drug-likeness (QED) is 0.317. The number of amides is 1. The number of aliphatic hydroxyl groups is 1. The molecule has 0 spiro atoms. The van der Waals surface area contributed by atoms with Gasteiger partial charge in [-0.05, 0) is 17.2 Å². The van der Waals surface area contributed by atoms with E-state index < -0.39 is 11.5 Å². The zero-order valence-electron chi connectivity index (χ0n) is 17.7. The minimum absolute atomic E-state index is 0.433. The molecule has 0 aliphatic rings. The van der Waals surface area contributed by atoms with Crippen LogP contribution in [-0.4, -0.2) is 16.0 Å². The Morgan fingerprint density at radius 1 is 0.697 bits per heavy atom. The highest BCUT2D eigenvalue weighted by Crippen LogP contribution is 2.38. The first kappa shape index (κ1) is 20.5. The fourth-order valence-corrected chi connectivity index (χ4v) is 3.98. The van der Waals surface area contributed by atoms with Crippen molar-refractivity contribution in [2.75, 3.05) is 0 Å². The van der Waals surface area contributed by atoms with Gasteiger partial charge in [0.25, 0.3) is 0 Å². The van der Waals surface area contributed by atoms with Crippen LogP contribution in [0.2, 0.25) is 0 Å². The van der Waals surface area contributed by atoms with Crippen LogP contribution >= 0.6 is 0 Å². The van der Waals surface area contributed by atoms with Crippen molar-refractivity contribution in [1.82, 2.24) is 4.98 Å². The standard InChI is InChI=1S/C28H21N3O2/c32-27(28(33,21-14-6-2-7-15-21)22-16-8-3-9-17-22)31-30-26-23-18-10-11-19-24(23)29-25(26)20-12-4-1-5-13-20/h1-19,29,33H. The second-order valence-corrected chi connectivity index (χ2v) is 7.71. The minimum atomic E-state index is -1.95. The Hall–Kier alpha value is -4.35. The largest absolute Gasteiger partial charge is 0.372 e. The summed E-state index contributed by atoms with van der Waals surface area (Å²) in [6.07, 6.45) is 0. The van der Waals surface area contributed by atoms with Crippen LogP contribution in [0, 0.1) is 0 Å². The Bertz CT molecular complexity index is 1390. The first-order valence-corrected chi connectivity index (χ1v) is 10.6. The highest BCUT2D eigenvalue weighted by molar-refractivity contribution is 6.00. The molecule has 5 rings (SSSR count). The topological polar surface area (TPSA) is 77.8 Å². The molecule has 4 aromatic carbocycles. The SMILES string of the molecule is O=C(N=Nc1c(-c2ccccc2)[nH]c2ccccc12)C(O)(c1ccccc1)c1ccccc1. The average Bonchev–Trinajstić information content (AvgIpc) is 3.27. The molecule has 0 aliphatic heterocycles. The van der Waals surface area contributed by atoms with Gasteiger partial charge < -0.3 is 10.1 Å². The third-order valence-electron chi connectivity index (χ3n) is 5.67. The van der Waals surface area contributed by atoms with Crippen LogP contribution in [0.15, 0.2) is 125 Å². The average molecular weight is 431 g/mol. The molecule has 5 nitrogen and oxygen atoms in total. The fraction of sp³-hybridized carbons (Fsp3) is 0.0357. The van der Waals surface area contributed by atoms with Crippen LogP contribution in [0.5, 0.6) is 0 Å². The van der Waals surface area contributed by atoms with E-state index in [1.807, 2.05) is 66.7 Å². The summed E-state index contributed by atoms with van der Waals surface area (Å²) in [5.41, 5.74) is 2.04. The van der Waals surface area contributed by atoms with E-state index in [1.54, 1.807) is 48.5 Å². The number of rotatable bonds is 5. The van der Waals surface area contributed by atoms with E-state index in [2.05, 4.69) is 15.2 Å². The van der Waals surface area contributed by atoms with E-state index in [-0.39, 0.29) is 0 Å². The van der Waals surface area contributed by atoms with Crippen molar-refractivity contribution in [2.24, 2.45) is 10.2 Å². The third-order valence-corrected chi connectivity index (χ3v) is 5.67. The molecule has 5 heteroatoms. The van der Waals surface area contributed by atoms with Crippen molar-refractivity contribution in [2.45, 2.75) is 5.60 Å². The number of benzene rings is 4. The maximum atomic E-state index is 13.4. The second-order valence-electron chi connectivity index (χ2n) is 7.71. The van der Waals surface area contributed by atoms with Crippen molar-refractivity contribution >= 4 is 22.5 Å². The van der Waals surface area contributed by atoms with Crippen LogP contribution in [-0.2, 0) is 10.4 Å². The molecular weight excluding hydrogens is 410 g/mol. The number of fused-ring (bicyclic) bond motifs is 1. The lowest BCUT2D eigenvalue weighted by molar-refractivity contribution is -0.133. The summed E-state index contributed by atoms with van der Waals surface area (Å²) in [5, 5.41) is 20.9. The van der Waals surface area contributed by atoms with Gasteiger partial charge in [0.1, 0.15) is 5.69 Å². The van der Waals surface area contributed by atoms with Gasteiger partial charge in [0.05, 0.1) is 5.69 Å². The van der Waals surface area contributed by atoms with Crippen LogP contribution in [0.1, 0.15) is 11.1 Å². The summed E-state index contributed by atoms with van der Waals surface area (Å²) in [6, 6.07) is 35.1. The van der Waals surface area contributed by atoms with E-state index in [0.29, 0.717) is 16.8 Å². The van der Waals surface area contributed by atoms with Gasteiger partial charge in [0.15, 0.2) is 5.60 Å². The molecule has 1 heterocycles. The third kappa shape index (κ3) is 3.75. The van der Waals surface area contributed by atoms with Crippen molar-refractivity contribution < 1.29 is 9.90 Å². The number of aromatic amines is 1. The van der Waals surface area contributed by atoms with E-state index in [0.717, 1.165) is 22.2 Å². The molecule has 0 saturated heterocycles. The summed E-state index contributed by atoms with van der Waals surface area (Å²) >= 11 is 0. The van der Waals surface area contributed by atoms with Gasteiger partial charge in [-0.15, -0.1) is 10.2 Å². The van der Waals surface area contributed by atoms with Gasteiger partial charge in [-0.25, -0.2) is 0 Å². The fourth-order valence-electron chi connectivity index (χ4n) is 3.98. The molecular formula is C28H21N3O2. The monoisotopic (exact) mass is 431 g/mol. The molecule has 0 bridgehead atoms. The highest BCUT2D eigenvalue weighted by atomic mass is 16.3. The summed E-state index contributed by atoms with van der Waals surface area (Å²) in [5.74, 6) is -0.760. The number of para-hydroxylation sites is 1. The first-order chi connectivity index (χ1) is 16.2. The van der Waals surface area contributed by atoms with Crippen molar-refractivity contribution in [3.63, 3.8) is 0 Å². The van der Waals surface area contributed by atoms with Gasteiger partial charge in [-0.2, -0.15) is 0 Å². The number of carbonyl (C=O) groups excluding carboxylic acids is 1. The molecule has 0 unspecified atom stereocenters. The van der Waals surface area contributed by atoms with Gasteiger partial charge in [0, 0.05) is 16.5 Å². The molecule has 0 radical (unpaired) electrons. The normalized spacial score (nSPS) is 11.8. The summed E-state index contributed by atoms with van der Waals surface area (Å²) in [7, 11) is 0. The van der Waals surface area contributed by atoms with Crippen molar-refractivity contribution in [3.8, 4) is 11.3 Å². The van der Waals surface area contributed by atoms with E-state index >= 15 is 0 Å². The number of aromatic nitrogens is 1. The van der Waals surface area contributed by atoms with Crippen LogP contribution in [0.25, 0.3) is 22.2 Å². The maximum absolute atomic E-state index is 13.4. The summed E-state index contributed by atoms with van der Waals surface area (Å²) < 4.78 is 0. The minimum Gasteiger partial charge on any atom is -0.372 e. The van der Waals surface area contributed by atoms with E-state index in [9.17, 15) is 9.90 Å². The van der Waals surface area contributed by atoms with Gasteiger partial charge in [0.2, 0.25) is 0 Å². The number of hydrogen-bond acceptors (Lipinski definition) is 3. The molecule has 1 amide bonds. The predicted octanol–water partition coefficient (Wildman–Crippen LogP) is 6.38. The molecule has 33 heavy (non-hydrogen) atoms. The predicted molar refractivity (Wildman–Crippen MR) is 129 cm³/mol. The molecule has 0 atom stereocenters. The molecule has 1 aromatic heterocycles. The van der Waals surface area contributed by atoms with Crippen LogP contribution in [0.4, 0.5) is 5.69 Å². The number of hydrogen-bond donors (Lipinski definition) is 2. The van der Waals surface area contributed by atoms with Crippen molar-refractivity contribution in [3.05, 3.63) is 126 Å². The molecule has 2 N–H and O–H groups in total. The Labute approximate surface area is 191 Å². The summed E-state index contributed by atoms with van der Waals surface area (Å²) in [6.45, 7) is 0. The Kier molecular flexibility index (Phi) is 5.39. The zero-order valence-corrected chi connectivity index (χ0v) is 17.7. The number of nitrogens with zero attached hydrogens (tertiary/aromatic N) is 2. The first-order valence-electron chi connectivity index (χ1n) is 10.6. The molecule has 5 aromatic rings. The lowest BCUT2D eigenvalue weighted by Crippen LogP contribution is -2.35.